The lowest BCUT2D eigenvalue weighted by molar-refractivity contribution is 1.13. The van der Waals surface area contributed by atoms with Gasteiger partial charge >= 0.3 is 0 Å². The Morgan fingerprint density at radius 3 is 1.63 bits per heavy atom. The standard InChI is InChI=1S/C38H25N3/c1-2-13-26(14-3-1)37-38-36(35-23-10-11-24-39(35)37)31-19-6-9-22-34(31)41(38)28-16-12-15-27(25-28)40-32-20-7-4-17-29(32)30-18-5-8-21-33(30)40/h1-25H. The maximum absolute atomic E-state index is 2.46. The SMILES string of the molecule is c1ccc(-c2c3c(c4ccccc4n3-c3cccc(-n4c5ccccc5c5ccccc54)c3)c3ccccn23)cc1. The molecule has 4 aromatic heterocycles. The van der Waals surface area contributed by atoms with E-state index < -0.39 is 0 Å². The molecule has 3 heteroatoms. The van der Waals surface area contributed by atoms with Gasteiger partial charge in [-0.05, 0) is 48.5 Å². The quantitative estimate of drug-likeness (QED) is 0.219. The molecule has 192 valence electrons. The number of hydrogen-bond acceptors (Lipinski definition) is 0. The van der Waals surface area contributed by atoms with E-state index in [-0.39, 0.29) is 0 Å². The molecule has 0 aliphatic carbocycles. The van der Waals surface area contributed by atoms with Gasteiger partial charge in [-0.2, -0.15) is 0 Å². The van der Waals surface area contributed by atoms with E-state index in [4.69, 9.17) is 0 Å². The van der Waals surface area contributed by atoms with Crippen LogP contribution >= 0.6 is 0 Å². The maximum atomic E-state index is 2.46. The third-order valence-electron chi connectivity index (χ3n) is 8.43. The van der Waals surface area contributed by atoms with Gasteiger partial charge < -0.3 is 13.5 Å². The van der Waals surface area contributed by atoms with Gasteiger partial charge in [-0.3, -0.25) is 0 Å². The highest BCUT2D eigenvalue weighted by atomic mass is 15.0. The number of pyridine rings is 1. The van der Waals surface area contributed by atoms with Crippen molar-refractivity contribution in [3.63, 3.8) is 0 Å². The van der Waals surface area contributed by atoms with Crippen molar-refractivity contribution in [3.05, 3.63) is 152 Å². The Morgan fingerprint density at radius 1 is 0.390 bits per heavy atom. The van der Waals surface area contributed by atoms with E-state index in [1.165, 1.54) is 60.4 Å². The summed E-state index contributed by atoms with van der Waals surface area (Å²) in [6.07, 6.45) is 2.19. The van der Waals surface area contributed by atoms with E-state index in [9.17, 15) is 0 Å². The second-order valence-corrected chi connectivity index (χ2v) is 10.6. The molecular weight excluding hydrogens is 498 g/mol. The first-order chi connectivity index (χ1) is 20.4. The molecule has 0 amide bonds. The summed E-state index contributed by atoms with van der Waals surface area (Å²) in [6, 6.07) is 52.4. The van der Waals surface area contributed by atoms with Gasteiger partial charge in [0.1, 0.15) is 0 Å². The molecule has 0 aliphatic rings. The van der Waals surface area contributed by atoms with E-state index in [0.29, 0.717) is 0 Å². The minimum absolute atomic E-state index is 1.14. The van der Waals surface area contributed by atoms with Gasteiger partial charge in [0.05, 0.1) is 33.3 Å². The highest BCUT2D eigenvalue weighted by molar-refractivity contribution is 6.21. The minimum atomic E-state index is 1.14. The van der Waals surface area contributed by atoms with Crippen molar-refractivity contribution in [2.24, 2.45) is 0 Å². The summed E-state index contributed by atoms with van der Waals surface area (Å²) in [6.45, 7) is 0. The van der Waals surface area contributed by atoms with Gasteiger partial charge in [0.25, 0.3) is 0 Å². The van der Waals surface area contributed by atoms with Crippen LogP contribution in [0.25, 0.3) is 71.8 Å². The Morgan fingerprint density at radius 2 is 0.927 bits per heavy atom. The zero-order valence-corrected chi connectivity index (χ0v) is 22.3. The van der Waals surface area contributed by atoms with Crippen LogP contribution in [-0.4, -0.2) is 13.5 Å². The first kappa shape index (κ1) is 22.3. The number of nitrogens with zero attached hydrogens (tertiary/aromatic N) is 3. The molecule has 4 heterocycles. The van der Waals surface area contributed by atoms with Crippen LogP contribution in [0.4, 0.5) is 0 Å². The number of hydrogen-bond donors (Lipinski definition) is 0. The number of para-hydroxylation sites is 3. The Bertz CT molecular complexity index is 2360. The first-order valence-electron chi connectivity index (χ1n) is 14.0. The van der Waals surface area contributed by atoms with Crippen LogP contribution in [0.2, 0.25) is 0 Å². The lowest BCUT2D eigenvalue weighted by Crippen LogP contribution is -1.99. The molecule has 5 aromatic carbocycles. The van der Waals surface area contributed by atoms with Crippen molar-refractivity contribution in [3.8, 4) is 22.6 Å². The van der Waals surface area contributed by atoms with Crippen LogP contribution in [0.3, 0.4) is 0 Å². The fraction of sp³-hybridized carbons (Fsp3) is 0. The van der Waals surface area contributed by atoms with Crippen molar-refractivity contribution < 1.29 is 0 Å². The van der Waals surface area contributed by atoms with Crippen molar-refractivity contribution in [1.82, 2.24) is 13.5 Å². The third-order valence-corrected chi connectivity index (χ3v) is 8.43. The molecule has 0 bridgehead atoms. The fourth-order valence-electron chi connectivity index (χ4n) is 6.79. The average molecular weight is 524 g/mol. The molecule has 9 rings (SSSR count). The zero-order chi connectivity index (χ0) is 26.9. The van der Waals surface area contributed by atoms with Crippen molar-refractivity contribution in [2.45, 2.75) is 0 Å². The summed E-state index contributed by atoms with van der Waals surface area (Å²) in [5.74, 6) is 0. The summed E-state index contributed by atoms with van der Waals surface area (Å²) in [7, 11) is 0. The summed E-state index contributed by atoms with van der Waals surface area (Å²) in [4.78, 5) is 0. The summed E-state index contributed by atoms with van der Waals surface area (Å²) < 4.78 is 7.20. The maximum Gasteiger partial charge on any atom is 0.0809 e. The Labute approximate surface area is 236 Å². The van der Waals surface area contributed by atoms with E-state index in [1.807, 2.05) is 0 Å². The minimum Gasteiger partial charge on any atom is -0.314 e. The average Bonchev–Trinajstić information content (AvgIpc) is 3.67. The predicted octanol–water partition coefficient (Wildman–Crippen LogP) is 9.80. The topological polar surface area (TPSA) is 14.3 Å². The van der Waals surface area contributed by atoms with E-state index in [1.54, 1.807) is 0 Å². The van der Waals surface area contributed by atoms with Gasteiger partial charge in [0.15, 0.2) is 0 Å². The van der Waals surface area contributed by atoms with Crippen LogP contribution in [0.15, 0.2) is 152 Å². The molecule has 0 N–H and O–H groups in total. The Balaban J connectivity index is 1.41. The number of fused-ring (bicyclic) bond motifs is 8. The van der Waals surface area contributed by atoms with Gasteiger partial charge in [-0.15, -0.1) is 0 Å². The summed E-state index contributed by atoms with van der Waals surface area (Å²) >= 11 is 0. The highest BCUT2D eigenvalue weighted by Crippen LogP contribution is 2.42. The largest absolute Gasteiger partial charge is 0.314 e. The lowest BCUT2D eigenvalue weighted by atomic mass is 10.1. The van der Waals surface area contributed by atoms with E-state index in [0.717, 1.165) is 11.4 Å². The molecule has 3 nitrogen and oxygen atoms in total. The van der Waals surface area contributed by atoms with E-state index in [2.05, 4.69) is 165 Å². The smallest absolute Gasteiger partial charge is 0.0809 e. The van der Waals surface area contributed by atoms with Crippen LogP contribution in [0.5, 0.6) is 0 Å². The number of benzene rings is 5. The van der Waals surface area contributed by atoms with Crippen LogP contribution in [0.1, 0.15) is 0 Å². The molecule has 9 aromatic rings. The second-order valence-electron chi connectivity index (χ2n) is 10.6. The Kier molecular flexibility index (Phi) is 4.61. The number of aromatic nitrogens is 3. The molecule has 0 unspecified atom stereocenters. The zero-order valence-electron chi connectivity index (χ0n) is 22.3. The van der Waals surface area contributed by atoms with Crippen LogP contribution in [-0.2, 0) is 0 Å². The summed E-state index contributed by atoms with van der Waals surface area (Å²) in [5, 5.41) is 5.08. The fourth-order valence-corrected chi connectivity index (χ4v) is 6.79. The second kappa shape index (κ2) is 8.48. The molecule has 0 atom stereocenters. The van der Waals surface area contributed by atoms with Gasteiger partial charge in [0.2, 0.25) is 0 Å². The van der Waals surface area contributed by atoms with Crippen molar-refractivity contribution >= 4 is 49.1 Å². The third kappa shape index (κ3) is 3.09. The van der Waals surface area contributed by atoms with Crippen LogP contribution in [0, 0.1) is 0 Å². The molecular formula is C38H25N3. The van der Waals surface area contributed by atoms with Crippen LogP contribution < -0.4 is 0 Å². The van der Waals surface area contributed by atoms with E-state index >= 15 is 0 Å². The Hall–Kier alpha value is -5.54. The predicted molar refractivity (Wildman–Crippen MR) is 172 cm³/mol. The number of rotatable bonds is 3. The molecule has 0 saturated carbocycles. The van der Waals surface area contributed by atoms with Gasteiger partial charge in [-0.25, -0.2) is 0 Å². The first-order valence-corrected chi connectivity index (χ1v) is 14.0. The normalized spacial score (nSPS) is 11.9. The molecule has 41 heavy (non-hydrogen) atoms. The molecule has 0 radical (unpaired) electrons. The molecule has 0 saturated heterocycles. The molecule has 0 aliphatic heterocycles. The molecule has 0 fully saturated rings. The van der Waals surface area contributed by atoms with Gasteiger partial charge in [0, 0.05) is 44.7 Å². The monoisotopic (exact) mass is 523 g/mol. The van der Waals surface area contributed by atoms with Crippen molar-refractivity contribution in [2.75, 3.05) is 0 Å². The molecule has 0 spiro atoms. The highest BCUT2D eigenvalue weighted by Gasteiger charge is 2.23. The van der Waals surface area contributed by atoms with Gasteiger partial charge in [-0.1, -0.05) is 97.1 Å². The van der Waals surface area contributed by atoms with Crippen molar-refractivity contribution in [1.29, 1.82) is 0 Å². The summed E-state index contributed by atoms with van der Waals surface area (Å²) in [5.41, 5.74) is 10.8. The lowest BCUT2D eigenvalue weighted by Gasteiger charge is -2.14.